The summed E-state index contributed by atoms with van der Waals surface area (Å²) >= 11 is 0. The fourth-order valence-corrected chi connectivity index (χ4v) is 3.41. The topological polar surface area (TPSA) is 88.4 Å². The molecule has 0 saturated heterocycles. The number of furan rings is 1. The van der Waals surface area contributed by atoms with Crippen LogP contribution in [-0.4, -0.2) is 26.6 Å². The number of fused-ring (bicyclic) bond motifs is 1. The Morgan fingerprint density at radius 1 is 1.30 bits per heavy atom. The van der Waals surface area contributed by atoms with E-state index in [2.05, 4.69) is 10.0 Å². The molecule has 1 aliphatic carbocycles. The molecule has 1 amide bonds. The van der Waals surface area contributed by atoms with Gasteiger partial charge in [0.05, 0.1) is 18.3 Å². The number of rotatable bonds is 6. The largest absolute Gasteiger partial charge is 0.459 e. The van der Waals surface area contributed by atoms with Crippen LogP contribution in [0.15, 0.2) is 34.7 Å². The van der Waals surface area contributed by atoms with Gasteiger partial charge in [-0.3, -0.25) is 4.79 Å². The van der Waals surface area contributed by atoms with Gasteiger partial charge in [0.1, 0.15) is 11.3 Å². The molecule has 7 heteroatoms. The van der Waals surface area contributed by atoms with Gasteiger partial charge in [0, 0.05) is 5.39 Å². The Bertz CT molecular complexity index is 790. The zero-order valence-corrected chi connectivity index (χ0v) is 13.9. The molecular formula is C16H20N2O4S. The van der Waals surface area contributed by atoms with Gasteiger partial charge in [-0.25, -0.2) is 13.1 Å². The van der Waals surface area contributed by atoms with Crippen molar-refractivity contribution in [2.45, 2.75) is 31.8 Å². The monoisotopic (exact) mass is 336 g/mol. The minimum Gasteiger partial charge on any atom is -0.459 e. The van der Waals surface area contributed by atoms with Crippen molar-refractivity contribution in [3.63, 3.8) is 0 Å². The third-order valence-electron chi connectivity index (χ3n) is 3.93. The van der Waals surface area contributed by atoms with Crippen LogP contribution in [0.1, 0.15) is 31.6 Å². The van der Waals surface area contributed by atoms with Crippen molar-refractivity contribution < 1.29 is 17.6 Å². The molecule has 2 N–H and O–H groups in total. The average molecular weight is 336 g/mol. The summed E-state index contributed by atoms with van der Waals surface area (Å²) in [6.07, 6.45) is 3.08. The molecule has 2 unspecified atom stereocenters. The quantitative estimate of drug-likeness (QED) is 0.844. The van der Waals surface area contributed by atoms with Gasteiger partial charge in [-0.15, -0.1) is 0 Å². The Kier molecular flexibility index (Phi) is 4.16. The number of carbonyl (C=O) groups is 1. The number of benzene rings is 1. The van der Waals surface area contributed by atoms with E-state index >= 15 is 0 Å². The SMILES string of the molecule is CC(NS(C)(=O)=O)C(=O)NC(c1cc2ccccc2o1)C1CC1. The summed E-state index contributed by atoms with van der Waals surface area (Å²) in [4.78, 5) is 12.3. The first kappa shape index (κ1) is 16.0. The van der Waals surface area contributed by atoms with Crippen LogP contribution in [0.25, 0.3) is 11.0 Å². The first-order chi connectivity index (χ1) is 10.8. The molecular weight excluding hydrogens is 316 g/mol. The van der Waals surface area contributed by atoms with Crippen LogP contribution in [0.3, 0.4) is 0 Å². The fourth-order valence-electron chi connectivity index (χ4n) is 2.66. The van der Waals surface area contributed by atoms with E-state index in [0.29, 0.717) is 11.7 Å². The van der Waals surface area contributed by atoms with Crippen molar-refractivity contribution in [2.24, 2.45) is 5.92 Å². The van der Waals surface area contributed by atoms with Crippen LogP contribution in [0, 0.1) is 5.92 Å². The Labute approximate surface area is 135 Å². The van der Waals surface area contributed by atoms with E-state index in [9.17, 15) is 13.2 Å². The van der Waals surface area contributed by atoms with E-state index in [1.54, 1.807) is 0 Å². The highest BCUT2D eigenvalue weighted by Gasteiger charge is 2.36. The molecule has 1 aliphatic rings. The molecule has 6 nitrogen and oxygen atoms in total. The van der Waals surface area contributed by atoms with Crippen LogP contribution in [0.4, 0.5) is 0 Å². The lowest BCUT2D eigenvalue weighted by molar-refractivity contribution is -0.123. The molecule has 2 aromatic rings. The second-order valence-corrected chi connectivity index (χ2v) is 7.90. The summed E-state index contributed by atoms with van der Waals surface area (Å²) in [6, 6.07) is 8.57. The van der Waals surface area contributed by atoms with Gasteiger partial charge in [-0.1, -0.05) is 18.2 Å². The number of sulfonamides is 1. The molecule has 1 fully saturated rings. The normalized spacial score (nSPS) is 17.8. The van der Waals surface area contributed by atoms with Crippen LogP contribution in [0.5, 0.6) is 0 Å². The van der Waals surface area contributed by atoms with E-state index < -0.39 is 16.1 Å². The number of para-hydroxylation sites is 1. The van der Waals surface area contributed by atoms with Crippen LogP contribution in [0.2, 0.25) is 0 Å². The number of carbonyl (C=O) groups excluding carboxylic acids is 1. The van der Waals surface area contributed by atoms with Gasteiger partial charge in [0.2, 0.25) is 15.9 Å². The van der Waals surface area contributed by atoms with Crippen molar-refractivity contribution in [3.8, 4) is 0 Å². The van der Waals surface area contributed by atoms with Crippen molar-refractivity contribution in [3.05, 3.63) is 36.1 Å². The molecule has 1 aromatic carbocycles. The van der Waals surface area contributed by atoms with E-state index in [0.717, 1.165) is 30.1 Å². The van der Waals surface area contributed by atoms with E-state index in [1.807, 2.05) is 30.3 Å². The number of hydrogen-bond donors (Lipinski definition) is 2. The van der Waals surface area contributed by atoms with Gasteiger partial charge in [-0.05, 0) is 37.8 Å². The Balaban J connectivity index is 1.78. The summed E-state index contributed by atoms with van der Waals surface area (Å²) in [6.45, 7) is 1.53. The molecule has 0 bridgehead atoms. The summed E-state index contributed by atoms with van der Waals surface area (Å²) in [5.74, 6) is 0.700. The third kappa shape index (κ3) is 3.92. The standard InChI is InChI=1S/C16H20N2O4S/c1-10(18-23(2,20)21)16(19)17-15(11-7-8-11)14-9-12-5-3-4-6-13(12)22-14/h3-6,9-11,15,18H,7-8H2,1-2H3,(H,17,19). The predicted octanol–water partition coefficient (Wildman–Crippen LogP) is 1.94. The third-order valence-corrected chi connectivity index (χ3v) is 4.71. The van der Waals surface area contributed by atoms with Crippen LogP contribution < -0.4 is 10.0 Å². The summed E-state index contributed by atoms with van der Waals surface area (Å²) in [7, 11) is -3.43. The Morgan fingerprint density at radius 2 is 2.00 bits per heavy atom. The average Bonchev–Trinajstić information content (AvgIpc) is 3.20. The van der Waals surface area contributed by atoms with Crippen molar-refractivity contribution in [1.82, 2.24) is 10.0 Å². The van der Waals surface area contributed by atoms with Gasteiger partial charge in [0.15, 0.2) is 0 Å². The van der Waals surface area contributed by atoms with Crippen molar-refractivity contribution in [2.75, 3.05) is 6.26 Å². The fraction of sp³-hybridized carbons (Fsp3) is 0.438. The molecule has 23 heavy (non-hydrogen) atoms. The smallest absolute Gasteiger partial charge is 0.238 e. The number of amides is 1. The molecule has 124 valence electrons. The highest BCUT2D eigenvalue weighted by atomic mass is 32.2. The highest BCUT2D eigenvalue weighted by Crippen LogP contribution is 2.42. The maximum Gasteiger partial charge on any atom is 0.238 e. The summed E-state index contributed by atoms with van der Waals surface area (Å²) < 4.78 is 30.7. The van der Waals surface area contributed by atoms with Crippen molar-refractivity contribution >= 4 is 26.9 Å². The lowest BCUT2D eigenvalue weighted by Gasteiger charge is -2.19. The first-order valence-electron chi connectivity index (χ1n) is 7.59. The molecule has 2 atom stereocenters. The molecule has 3 rings (SSSR count). The van der Waals surface area contributed by atoms with Gasteiger partial charge in [0.25, 0.3) is 0 Å². The molecule has 1 aromatic heterocycles. The van der Waals surface area contributed by atoms with E-state index in [1.165, 1.54) is 6.92 Å². The number of nitrogens with one attached hydrogen (secondary N) is 2. The summed E-state index contributed by atoms with van der Waals surface area (Å²) in [5.41, 5.74) is 0.782. The molecule has 0 spiro atoms. The molecule has 1 heterocycles. The van der Waals surface area contributed by atoms with E-state index in [4.69, 9.17) is 4.42 Å². The second kappa shape index (κ2) is 5.98. The Hall–Kier alpha value is -1.86. The highest BCUT2D eigenvalue weighted by molar-refractivity contribution is 7.88. The molecule has 1 saturated carbocycles. The zero-order chi connectivity index (χ0) is 16.6. The van der Waals surface area contributed by atoms with Gasteiger partial charge < -0.3 is 9.73 Å². The maximum absolute atomic E-state index is 12.3. The molecule has 0 aliphatic heterocycles. The van der Waals surface area contributed by atoms with Gasteiger partial charge >= 0.3 is 0 Å². The molecule has 0 radical (unpaired) electrons. The minimum atomic E-state index is -3.43. The second-order valence-electron chi connectivity index (χ2n) is 6.12. The van der Waals surface area contributed by atoms with Crippen LogP contribution >= 0.6 is 0 Å². The first-order valence-corrected chi connectivity index (χ1v) is 9.49. The van der Waals surface area contributed by atoms with E-state index in [-0.39, 0.29) is 11.9 Å². The van der Waals surface area contributed by atoms with Crippen molar-refractivity contribution in [1.29, 1.82) is 0 Å². The maximum atomic E-state index is 12.3. The lowest BCUT2D eigenvalue weighted by atomic mass is 10.1. The number of hydrogen-bond acceptors (Lipinski definition) is 4. The minimum absolute atomic E-state index is 0.223. The lowest BCUT2D eigenvalue weighted by Crippen LogP contribution is -2.45. The Morgan fingerprint density at radius 3 is 2.61 bits per heavy atom. The predicted molar refractivity (Wildman–Crippen MR) is 87.3 cm³/mol. The summed E-state index contributed by atoms with van der Waals surface area (Å²) in [5, 5.41) is 3.91. The van der Waals surface area contributed by atoms with Gasteiger partial charge in [-0.2, -0.15) is 0 Å². The van der Waals surface area contributed by atoms with Crippen LogP contribution in [-0.2, 0) is 14.8 Å². The zero-order valence-electron chi connectivity index (χ0n) is 13.1.